The van der Waals surface area contributed by atoms with Gasteiger partial charge in [0.25, 0.3) is 0 Å². The number of para-hydroxylation sites is 2. The highest BCUT2D eigenvalue weighted by molar-refractivity contribution is 7.25. The van der Waals surface area contributed by atoms with Crippen LogP contribution in [0.4, 0.5) is 0 Å². The minimum Gasteiger partial charge on any atom is -0.309 e. The molecule has 10 aromatic rings. The third-order valence-electron chi connectivity index (χ3n) is 10.4. The third kappa shape index (κ3) is 6.01. The molecule has 2 heterocycles. The average molecular weight is 735 g/mol. The second-order valence-corrected chi connectivity index (χ2v) is 14.9. The second kappa shape index (κ2) is 14.2. The van der Waals surface area contributed by atoms with Gasteiger partial charge in [0.2, 0.25) is 0 Å². The van der Waals surface area contributed by atoms with Crippen molar-refractivity contribution in [3.63, 3.8) is 0 Å². The Labute approximate surface area is 328 Å². The van der Waals surface area contributed by atoms with Gasteiger partial charge in [0.05, 0.1) is 11.0 Å². The van der Waals surface area contributed by atoms with Crippen molar-refractivity contribution in [2.24, 2.45) is 9.98 Å². The fourth-order valence-corrected chi connectivity index (χ4v) is 8.91. The van der Waals surface area contributed by atoms with Crippen LogP contribution in [0.15, 0.2) is 204 Å². The summed E-state index contributed by atoms with van der Waals surface area (Å²) >= 11 is 1.79. The molecular weight excluding hydrogens is 701 g/mol. The molecule has 0 aliphatic carbocycles. The number of hydrogen-bond donors (Lipinski definition) is 1. The van der Waals surface area contributed by atoms with E-state index in [1.54, 1.807) is 11.3 Å². The van der Waals surface area contributed by atoms with E-state index in [1.807, 2.05) is 42.6 Å². The van der Waals surface area contributed by atoms with Crippen LogP contribution in [0.2, 0.25) is 0 Å². The number of thiophene rings is 1. The van der Waals surface area contributed by atoms with Crippen molar-refractivity contribution in [2.75, 3.05) is 0 Å². The molecule has 0 radical (unpaired) electrons. The van der Waals surface area contributed by atoms with Crippen LogP contribution in [-0.2, 0) is 0 Å². The summed E-state index contributed by atoms with van der Waals surface area (Å²) in [6, 6.07) is 67.2. The number of rotatable bonds is 6. The molecule has 0 fully saturated rings. The zero-order valence-electron chi connectivity index (χ0n) is 30.3. The molecule has 0 unspecified atom stereocenters. The van der Waals surface area contributed by atoms with E-state index >= 15 is 0 Å². The Morgan fingerprint density at radius 1 is 0.500 bits per heavy atom. The molecule has 0 saturated heterocycles. The largest absolute Gasteiger partial charge is 0.309 e. The molecule has 2 aromatic heterocycles. The monoisotopic (exact) mass is 734 g/mol. The lowest BCUT2D eigenvalue weighted by molar-refractivity contribution is 1.18. The average Bonchev–Trinajstić information content (AvgIpc) is 3.81. The van der Waals surface area contributed by atoms with Crippen LogP contribution in [0.25, 0.3) is 69.9 Å². The minimum atomic E-state index is 0.146. The molecule has 0 spiro atoms. The van der Waals surface area contributed by atoms with Crippen molar-refractivity contribution < 1.29 is 0 Å². The zero-order valence-corrected chi connectivity index (χ0v) is 31.1. The normalized spacial score (nSPS) is 12.0. The van der Waals surface area contributed by atoms with Crippen LogP contribution < -0.4 is 0 Å². The highest BCUT2D eigenvalue weighted by Crippen LogP contribution is 2.36. The van der Waals surface area contributed by atoms with Crippen LogP contribution in [0, 0.1) is 5.41 Å². The van der Waals surface area contributed by atoms with Gasteiger partial charge in [-0.15, -0.1) is 11.3 Å². The van der Waals surface area contributed by atoms with Gasteiger partial charge < -0.3 is 4.57 Å². The van der Waals surface area contributed by atoms with Crippen LogP contribution in [-0.4, -0.2) is 22.5 Å². The van der Waals surface area contributed by atoms with Crippen molar-refractivity contribution in [2.45, 2.75) is 0 Å². The van der Waals surface area contributed by atoms with Gasteiger partial charge in [0.15, 0.2) is 11.7 Å². The molecular formula is C51H34N4S. The Morgan fingerprint density at radius 3 is 1.96 bits per heavy atom. The molecule has 56 heavy (non-hydrogen) atoms. The van der Waals surface area contributed by atoms with Crippen molar-refractivity contribution >= 4 is 71.2 Å². The number of aromatic nitrogens is 1. The van der Waals surface area contributed by atoms with Gasteiger partial charge in [0.1, 0.15) is 0 Å². The highest BCUT2D eigenvalue weighted by atomic mass is 32.1. The quantitative estimate of drug-likeness (QED) is 0.131. The van der Waals surface area contributed by atoms with Gasteiger partial charge in [-0.05, 0) is 64.2 Å². The number of nitrogens with zero attached hydrogens (tertiary/aromatic N) is 3. The van der Waals surface area contributed by atoms with Crippen LogP contribution in [0.1, 0.15) is 16.7 Å². The summed E-state index contributed by atoms with van der Waals surface area (Å²) in [5, 5.41) is 14.2. The lowest BCUT2D eigenvalue weighted by Gasteiger charge is -2.12. The van der Waals surface area contributed by atoms with E-state index in [4.69, 9.17) is 9.98 Å². The summed E-state index contributed by atoms with van der Waals surface area (Å²) in [5.74, 6) is 0.617. The van der Waals surface area contributed by atoms with Gasteiger partial charge in [-0.1, -0.05) is 158 Å². The Bertz CT molecular complexity index is 3130. The van der Waals surface area contributed by atoms with E-state index in [0.29, 0.717) is 5.84 Å². The van der Waals surface area contributed by atoms with E-state index in [2.05, 4.69) is 162 Å². The molecule has 10 rings (SSSR count). The van der Waals surface area contributed by atoms with E-state index in [0.717, 1.165) is 60.9 Å². The first kappa shape index (κ1) is 33.4. The summed E-state index contributed by atoms with van der Waals surface area (Å²) < 4.78 is 4.74. The molecule has 8 aromatic carbocycles. The van der Waals surface area contributed by atoms with E-state index in [9.17, 15) is 5.41 Å². The van der Waals surface area contributed by atoms with Crippen molar-refractivity contribution in [3.8, 4) is 27.9 Å². The first-order chi connectivity index (χ1) is 27.7. The second-order valence-electron chi connectivity index (χ2n) is 13.8. The minimum absolute atomic E-state index is 0.146. The smallest absolute Gasteiger partial charge is 0.162 e. The van der Waals surface area contributed by atoms with Gasteiger partial charge in [-0.2, -0.15) is 0 Å². The number of hydrogen-bond acceptors (Lipinski definition) is 2. The maximum atomic E-state index is 9.66. The fourth-order valence-electron chi connectivity index (χ4n) is 7.76. The topological polar surface area (TPSA) is 53.5 Å². The van der Waals surface area contributed by atoms with Gasteiger partial charge in [-0.3, -0.25) is 5.41 Å². The molecule has 0 aliphatic heterocycles. The lowest BCUT2D eigenvalue weighted by atomic mass is 9.96. The maximum absolute atomic E-state index is 9.66. The SMILES string of the molecule is N=C(N=C(N=Cc1ccc2c(c1)sc1ccccc12)c1ccccc1-c1ccc(-c2ccccc2)cc1)c1cccc2c1c1ccccc1n2-c1ccccc1. The summed E-state index contributed by atoms with van der Waals surface area (Å²) in [5.41, 5.74) is 10.1. The molecule has 4 nitrogen and oxygen atoms in total. The standard InChI is InChI=1S/C51H34N4S/c52-50(44-22-13-24-46-49(44)43-21-9-11-23-45(43)55(46)38-16-5-2-6-17-38)54-51(53-33-34-26-31-41-40-19-10-12-25-47(40)56-48(41)32-34)42-20-8-7-18-39(42)37-29-27-36(28-30-37)35-14-3-1-4-15-35/h1-33,52H. The lowest BCUT2D eigenvalue weighted by Crippen LogP contribution is -2.07. The molecule has 0 atom stereocenters. The summed E-state index contributed by atoms with van der Waals surface area (Å²) in [7, 11) is 0. The molecule has 0 saturated carbocycles. The maximum Gasteiger partial charge on any atom is 0.162 e. The molecule has 1 N–H and O–H groups in total. The number of aliphatic imine (C=N–C) groups is 2. The summed E-state index contributed by atoms with van der Waals surface area (Å²) in [4.78, 5) is 10.2. The number of amidine groups is 2. The van der Waals surface area contributed by atoms with Crippen molar-refractivity contribution in [1.82, 2.24) is 4.57 Å². The first-order valence-corrected chi connectivity index (χ1v) is 19.5. The van der Waals surface area contributed by atoms with E-state index in [-0.39, 0.29) is 5.84 Å². The van der Waals surface area contributed by atoms with Crippen molar-refractivity contribution in [1.29, 1.82) is 5.41 Å². The fraction of sp³-hybridized carbons (Fsp3) is 0. The Kier molecular flexibility index (Phi) is 8.47. The highest BCUT2D eigenvalue weighted by Gasteiger charge is 2.19. The molecule has 0 bridgehead atoms. The summed E-state index contributed by atoms with van der Waals surface area (Å²) in [6.07, 6.45) is 1.88. The van der Waals surface area contributed by atoms with E-state index < -0.39 is 0 Å². The number of benzene rings is 8. The predicted octanol–water partition coefficient (Wildman–Crippen LogP) is 13.4. The summed E-state index contributed by atoms with van der Waals surface area (Å²) in [6.45, 7) is 0. The van der Waals surface area contributed by atoms with Crippen LogP contribution in [0.5, 0.6) is 0 Å². The molecule has 5 heteroatoms. The molecule has 0 aliphatic rings. The Balaban J connectivity index is 1.12. The Morgan fingerprint density at radius 2 is 1.12 bits per heavy atom. The predicted molar refractivity (Wildman–Crippen MR) is 238 cm³/mol. The van der Waals surface area contributed by atoms with Gasteiger partial charge >= 0.3 is 0 Å². The number of nitrogens with one attached hydrogen (secondary N) is 1. The van der Waals surface area contributed by atoms with Gasteiger partial charge in [0, 0.05) is 54.0 Å². The van der Waals surface area contributed by atoms with E-state index in [1.165, 1.54) is 25.7 Å². The van der Waals surface area contributed by atoms with Crippen LogP contribution >= 0.6 is 11.3 Å². The first-order valence-electron chi connectivity index (χ1n) is 18.7. The Hall–Kier alpha value is -7.21. The number of fused-ring (bicyclic) bond motifs is 6. The van der Waals surface area contributed by atoms with Crippen LogP contribution in [0.3, 0.4) is 0 Å². The molecule has 0 amide bonds. The molecule has 264 valence electrons. The van der Waals surface area contributed by atoms with Gasteiger partial charge in [-0.25, -0.2) is 9.98 Å². The zero-order chi connectivity index (χ0) is 37.4. The van der Waals surface area contributed by atoms with Crippen molar-refractivity contribution in [3.05, 3.63) is 211 Å². The third-order valence-corrected chi connectivity index (χ3v) is 11.5.